The summed E-state index contributed by atoms with van der Waals surface area (Å²) in [6, 6.07) is 5.31. The lowest BCUT2D eigenvalue weighted by atomic mass is 9.92. The maximum Gasteiger partial charge on any atom is 0.336 e. The van der Waals surface area contributed by atoms with Crippen molar-refractivity contribution in [2.24, 2.45) is 0 Å². The van der Waals surface area contributed by atoms with Gasteiger partial charge < -0.3 is 5.11 Å². The van der Waals surface area contributed by atoms with Crippen LogP contribution < -0.4 is 0 Å². The third-order valence-corrected chi connectivity index (χ3v) is 2.79. The number of hydrogen-bond acceptors (Lipinski definition) is 1. The zero-order chi connectivity index (χ0) is 13.5. The van der Waals surface area contributed by atoms with Crippen molar-refractivity contribution >= 4 is 5.97 Å². The molecule has 0 aliphatic carbocycles. The van der Waals surface area contributed by atoms with Gasteiger partial charge in [-0.2, -0.15) is 0 Å². The summed E-state index contributed by atoms with van der Waals surface area (Å²) in [5.41, 5.74) is 2.06. The number of aromatic carboxylic acids is 1. The molecule has 0 radical (unpaired) electrons. The van der Waals surface area contributed by atoms with Gasteiger partial charge in [-0.25, -0.2) is 4.79 Å². The fourth-order valence-electron chi connectivity index (χ4n) is 1.91. The minimum absolute atomic E-state index is 0.160. The highest BCUT2D eigenvalue weighted by atomic mass is 16.4. The maximum absolute atomic E-state index is 11.2. The first kappa shape index (κ1) is 14.3. The smallest absolute Gasteiger partial charge is 0.336 e. The van der Waals surface area contributed by atoms with Crippen molar-refractivity contribution in [3.8, 4) is 11.8 Å². The van der Waals surface area contributed by atoms with Crippen molar-refractivity contribution in [1.29, 1.82) is 0 Å². The van der Waals surface area contributed by atoms with E-state index >= 15 is 0 Å². The molecule has 0 heterocycles. The Morgan fingerprint density at radius 3 is 2.67 bits per heavy atom. The van der Waals surface area contributed by atoms with E-state index in [2.05, 4.69) is 18.8 Å². The quantitative estimate of drug-likeness (QED) is 0.641. The molecule has 18 heavy (non-hydrogen) atoms. The van der Waals surface area contributed by atoms with Crippen LogP contribution in [-0.4, -0.2) is 11.1 Å². The molecule has 2 nitrogen and oxygen atoms in total. The van der Waals surface area contributed by atoms with Crippen LogP contribution in [0.5, 0.6) is 0 Å². The average Bonchev–Trinajstić information content (AvgIpc) is 2.33. The van der Waals surface area contributed by atoms with Gasteiger partial charge in [0, 0.05) is 12.0 Å². The predicted molar refractivity (Wildman–Crippen MR) is 73.9 cm³/mol. The van der Waals surface area contributed by atoms with E-state index in [4.69, 9.17) is 0 Å². The summed E-state index contributed by atoms with van der Waals surface area (Å²) in [6.45, 7) is 6.13. The van der Waals surface area contributed by atoms with Crippen LogP contribution in [0.4, 0.5) is 0 Å². The Morgan fingerprint density at radius 1 is 1.39 bits per heavy atom. The SMILES string of the molecule is CCCCC#Cc1cccc(C(=O)O)c1C(C)C. The van der Waals surface area contributed by atoms with Gasteiger partial charge in [-0.05, 0) is 30.0 Å². The first-order chi connectivity index (χ1) is 8.57. The topological polar surface area (TPSA) is 37.3 Å². The molecule has 0 saturated heterocycles. The van der Waals surface area contributed by atoms with Crippen molar-refractivity contribution in [3.63, 3.8) is 0 Å². The molecule has 0 amide bonds. The van der Waals surface area contributed by atoms with E-state index in [1.54, 1.807) is 12.1 Å². The zero-order valence-corrected chi connectivity index (χ0v) is 11.3. The van der Waals surface area contributed by atoms with Gasteiger partial charge in [0.25, 0.3) is 0 Å². The van der Waals surface area contributed by atoms with Crippen molar-refractivity contribution in [2.45, 2.75) is 46.0 Å². The fraction of sp³-hybridized carbons (Fsp3) is 0.438. The number of rotatable bonds is 4. The first-order valence-corrected chi connectivity index (χ1v) is 6.43. The van der Waals surface area contributed by atoms with E-state index in [-0.39, 0.29) is 5.92 Å². The number of hydrogen-bond donors (Lipinski definition) is 1. The molecule has 2 heteroatoms. The molecule has 0 atom stereocenters. The maximum atomic E-state index is 11.2. The van der Waals surface area contributed by atoms with Crippen molar-refractivity contribution < 1.29 is 9.90 Å². The normalized spacial score (nSPS) is 10.0. The van der Waals surface area contributed by atoms with E-state index in [0.717, 1.165) is 30.4 Å². The van der Waals surface area contributed by atoms with Crippen molar-refractivity contribution in [1.82, 2.24) is 0 Å². The van der Waals surface area contributed by atoms with Crippen LogP contribution in [0, 0.1) is 11.8 Å². The molecule has 1 aromatic rings. The van der Waals surface area contributed by atoms with Gasteiger partial charge in [-0.15, -0.1) is 0 Å². The summed E-state index contributed by atoms with van der Waals surface area (Å²) in [7, 11) is 0. The second-order valence-corrected chi connectivity index (χ2v) is 4.63. The molecule has 0 aliphatic rings. The van der Waals surface area contributed by atoms with Crippen LogP contribution in [0.1, 0.15) is 67.4 Å². The highest BCUT2D eigenvalue weighted by molar-refractivity contribution is 5.90. The summed E-state index contributed by atoms with van der Waals surface area (Å²) in [4.78, 5) is 11.2. The largest absolute Gasteiger partial charge is 0.478 e. The lowest BCUT2D eigenvalue weighted by Gasteiger charge is -2.12. The minimum atomic E-state index is -0.879. The first-order valence-electron chi connectivity index (χ1n) is 6.43. The summed E-state index contributed by atoms with van der Waals surface area (Å²) < 4.78 is 0. The molecule has 0 aliphatic heterocycles. The van der Waals surface area contributed by atoms with E-state index < -0.39 is 5.97 Å². The third-order valence-electron chi connectivity index (χ3n) is 2.79. The van der Waals surface area contributed by atoms with Crippen LogP contribution in [0.2, 0.25) is 0 Å². The Balaban J connectivity index is 3.13. The molecule has 1 N–H and O–H groups in total. The van der Waals surface area contributed by atoms with E-state index in [0.29, 0.717) is 5.56 Å². The highest BCUT2D eigenvalue weighted by Crippen LogP contribution is 2.23. The third kappa shape index (κ3) is 3.63. The van der Waals surface area contributed by atoms with Crippen LogP contribution in [0.25, 0.3) is 0 Å². The van der Waals surface area contributed by atoms with Gasteiger partial charge in [0.05, 0.1) is 5.56 Å². The molecule has 0 bridgehead atoms. The summed E-state index contributed by atoms with van der Waals surface area (Å²) >= 11 is 0. The lowest BCUT2D eigenvalue weighted by molar-refractivity contribution is 0.0695. The predicted octanol–water partition coefficient (Wildman–Crippen LogP) is 4.05. The summed E-state index contributed by atoms with van der Waals surface area (Å²) in [6.07, 6.45) is 3.08. The van der Waals surface area contributed by atoms with Gasteiger partial charge in [-0.1, -0.05) is 45.1 Å². The fourth-order valence-corrected chi connectivity index (χ4v) is 1.91. The van der Waals surface area contributed by atoms with E-state index in [1.165, 1.54) is 0 Å². The number of benzene rings is 1. The summed E-state index contributed by atoms with van der Waals surface area (Å²) in [5, 5.41) is 9.20. The molecular weight excluding hydrogens is 224 g/mol. The monoisotopic (exact) mass is 244 g/mol. The van der Waals surface area contributed by atoms with Gasteiger partial charge >= 0.3 is 5.97 Å². The number of carboxylic acids is 1. The Bertz CT molecular complexity index is 476. The molecular formula is C16H20O2. The second kappa shape index (κ2) is 6.86. The molecule has 0 aromatic heterocycles. The molecule has 96 valence electrons. The van der Waals surface area contributed by atoms with E-state index in [9.17, 15) is 9.90 Å². The minimum Gasteiger partial charge on any atom is -0.478 e. The Hall–Kier alpha value is -1.75. The van der Waals surface area contributed by atoms with Gasteiger partial charge in [-0.3, -0.25) is 0 Å². The standard InChI is InChI=1S/C16H20O2/c1-4-5-6-7-9-13-10-8-11-14(16(17)18)15(13)12(2)3/h8,10-12H,4-6H2,1-3H3,(H,17,18). The molecule has 0 spiro atoms. The molecule has 1 rings (SSSR count). The highest BCUT2D eigenvalue weighted by Gasteiger charge is 2.15. The van der Waals surface area contributed by atoms with Crippen LogP contribution in [-0.2, 0) is 0 Å². The Labute approximate surface area is 109 Å². The molecule has 0 fully saturated rings. The number of carboxylic acid groups (broad SMARTS) is 1. The van der Waals surface area contributed by atoms with Crippen LogP contribution in [0.15, 0.2) is 18.2 Å². The van der Waals surface area contributed by atoms with Crippen molar-refractivity contribution in [2.75, 3.05) is 0 Å². The van der Waals surface area contributed by atoms with Crippen molar-refractivity contribution in [3.05, 3.63) is 34.9 Å². The van der Waals surface area contributed by atoms with Gasteiger partial charge in [0.1, 0.15) is 0 Å². The molecule has 1 aromatic carbocycles. The average molecular weight is 244 g/mol. The summed E-state index contributed by atoms with van der Waals surface area (Å²) in [5.74, 6) is 5.51. The molecule has 0 saturated carbocycles. The zero-order valence-electron chi connectivity index (χ0n) is 11.3. The second-order valence-electron chi connectivity index (χ2n) is 4.63. The Kier molecular flexibility index (Phi) is 5.45. The Morgan fingerprint density at radius 2 is 2.11 bits per heavy atom. The number of carbonyl (C=O) groups is 1. The van der Waals surface area contributed by atoms with E-state index in [1.807, 2.05) is 19.9 Å². The number of unbranched alkanes of at least 4 members (excludes halogenated alkanes) is 2. The molecule has 0 unspecified atom stereocenters. The van der Waals surface area contributed by atoms with Gasteiger partial charge in [0.2, 0.25) is 0 Å². The van der Waals surface area contributed by atoms with Crippen LogP contribution >= 0.6 is 0 Å². The van der Waals surface area contributed by atoms with Gasteiger partial charge in [0.15, 0.2) is 0 Å². The van der Waals surface area contributed by atoms with Crippen LogP contribution in [0.3, 0.4) is 0 Å². The lowest BCUT2D eigenvalue weighted by Crippen LogP contribution is -2.06.